The fraction of sp³-hybridized carbons (Fsp3) is 0.407. The van der Waals surface area contributed by atoms with E-state index in [1.54, 1.807) is 30.3 Å². The molecule has 0 bridgehead atoms. The van der Waals surface area contributed by atoms with Crippen LogP contribution in [0.2, 0.25) is 0 Å². The summed E-state index contributed by atoms with van der Waals surface area (Å²) in [4.78, 5) is 30.4. The van der Waals surface area contributed by atoms with Crippen LogP contribution in [-0.2, 0) is 9.59 Å². The Hall–Kier alpha value is -3.92. The summed E-state index contributed by atoms with van der Waals surface area (Å²) in [6.07, 6.45) is 0. The van der Waals surface area contributed by atoms with E-state index in [9.17, 15) is 14.7 Å². The number of amides is 1. The summed E-state index contributed by atoms with van der Waals surface area (Å²) in [5.41, 5.74) is 0.844. The lowest BCUT2D eigenvalue weighted by molar-refractivity contribution is -0.140. The summed E-state index contributed by atoms with van der Waals surface area (Å²) >= 11 is 0. The molecule has 2 aliphatic heterocycles. The molecule has 4 rings (SSSR count). The van der Waals surface area contributed by atoms with Crippen molar-refractivity contribution in [1.82, 2.24) is 9.80 Å². The fourth-order valence-corrected chi connectivity index (χ4v) is 4.70. The average Bonchev–Trinajstić information content (AvgIpc) is 3.49. The van der Waals surface area contributed by atoms with Crippen LogP contribution in [0.3, 0.4) is 0 Å². The number of carbonyl (C=O) groups excluding carboxylic acids is 2. The standard InChI is InChI=1S/C27H32N2O8/c1-6-28(7-2)10-11-29-23(17-13-20(33-3)26(35-5)21(14-17)34-4)22(25(31)27(29)32)24(30)16-8-9-18-19(12-16)37-15-36-18/h8-9,12-14,23,30H,6-7,10-11,15H2,1-5H3/b24-22+. The number of rotatable bonds is 10. The number of aliphatic hydroxyl groups is 1. The molecule has 0 saturated carbocycles. The van der Waals surface area contributed by atoms with Crippen LogP contribution in [0.5, 0.6) is 28.7 Å². The van der Waals surface area contributed by atoms with Crippen LogP contribution < -0.4 is 23.7 Å². The Morgan fingerprint density at radius 1 is 1.00 bits per heavy atom. The number of hydrogen-bond donors (Lipinski definition) is 1. The molecule has 2 aliphatic rings. The molecule has 10 heteroatoms. The van der Waals surface area contributed by atoms with E-state index in [1.807, 2.05) is 13.8 Å². The van der Waals surface area contributed by atoms with Gasteiger partial charge < -0.3 is 38.6 Å². The second-order valence-corrected chi connectivity index (χ2v) is 8.55. The lowest BCUT2D eigenvalue weighted by atomic mass is 9.94. The lowest BCUT2D eigenvalue weighted by Crippen LogP contribution is -2.38. The highest BCUT2D eigenvalue weighted by molar-refractivity contribution is 6.46. The number of benzene rings is 2. The molecule has 0 aliphatic carbocycles. The Balaban J connectivity index is 1.88. The molecule has 0 radical (unpaired) electrons. The summed E-state index contributed by atoms with van der Waals surface area (Å²) in [6, 6.07) is 7.37. The molecule has 2 aromatic rings. The monoisotopic (exact) mass is 512 g/mol. The zero-order chi connectivity index (χ0) is 26.7. The quantitative estimate of drug-likeness (QED) is 0.292. The smallest absolute Gasteiger partial charge is 0.295 e. The first kappa shape index (κ1) is 26.2. The molecule has 10 nitrogen and oxygen atoms in total. The minimum Gasteiger partial charge on any atom is -0.507 e. The Kier molecular flexibility index (Phi) is 7.77. The minimum atomic E-state index is -0.880. The van der Waals surface area contributed by atoms with E-state index < -0.39 is 17.7 Å². The van der Waals surface area contributed by atoms with E-state index in [2.05, 4.69) is 4.90 Å². The van der Waals surface area contributed by atoms with Gasteiger partial charge in [-0.1, -0.05) is 13.8 Å². The maximum absolute atomic E-state index is 13.4. The van der Waals surface area contributed by atoms with Crippen LogP contribution in [0.1, 0.15) is 31.0 Å². The van der Waals surface area contributed by atoms with Gasteiger partial charge in [0.25, 0.3) is 11.7 Å². The van der Waals surface area contributed by atoms with Gasteiger partial charge in [-0.25, -0.2) is 0 Å². The highest BCUT2D eigenvalue weighted by Gasteiger charge is 2.46. The summed E-state index contributed by atoms with van der Waals surface area (Å²) in [6.45, 7) is 6.58. The van der Waals surface area contributed by atoms with Gasteiger partial charge in [-0.2, -0.15) is 0 Å². The number of nitrogens with zero attached hydrogens (tertiary/aromatic N) is 2. The van der Waals surface area contributed by atoms with Gasteiger partial charge in [-0.05, 0) is 49.0 Å². The SMILES string of the molecule is CCN(CC)CCN1C(=O)C(=O)/C(=C(/O)c2ccc3c(c2)OCO3)C1c1cc(OC)c(OC)c(OC)c1. The molecule has 2 aromatic carbocycles. The van der Waals surface area contributed by atoms with Crippen molar-refractivity contribution in [1.29, 1.82) is 0 Å². The molecule has 1 atom stereocenters. The van der Waals surface area contributed by atoms with Crippen molar-refractivity contribution >= 4 is 17.4 Å². The molecule has 1 N–H and O–H groups in total. The van der Waals surface area contributed by atoms with Gasteiger partial charge in [0.15, 0.2) is 23.0 Å². The number of Topliss-reactive ketones (excluding diaryl/α,β-unsaturated/α-hetero) is 1. The molecule has 1 fully saturated rings. The Morgan fingerprint density at radius 2 is 1.65 bits per heavy atom. The van der Waals surface area contributed by atoms with E-state index in [0.717, 1.165) is 13.1 Å². The normalized spacial score (nSPS) is 18.0. The minimum absolute atomic E-state index is 0.0299. The third-order valence-electron chi connectivity index (χ3n) is 6.74. The van der Waals surface area contributed by atoms with Gasteiger partial charge in [0.1, 0.15) is 5.76 Å². The molecule has 0 spiro atoms. The number of likely N-dealkylation sites (N-methyl/N-ethyl adjacent to an activating group) is 1. The Morgan fingerprint density at radius 3 is 2.24 bits per heavy atom. The lowest BCUT2D eigenvalue weighted by Gasteiger charge is -2.29. The maximum atomic E-state index is 13.4. The van der Waals surface area contributed by atoms with Crippen molar-refractivity contribution in [3.05, 3.63) is 47.0 Å². The molecule has 0 aromatic heterocycles. The third kappa shape index (κ3) is 4.76. The summed E-state index contributed by atoms with van der Waals surface area (Å²) in [5.74, 6) is 0.345. The number of ether oxygens (including phenoxy) is 5. The average molecular weight is 513 g/mol. The van der Waals surface area contributed by atoms with E-state index in [-0.39, 0.29) is 24.7 Å². The molecule has 198 valence electrons. The van der Waals surface area contributed by atoms with Crippen LogP contribution in [0.4, 0.5) is 0 Å². The molecule has 1 saturated heterocycles. The largest absolute Gasteiger partial charge is 0.507 e. The van der Waals surface area contributed by atoms with Crippen molar-refractivity contribution in [2.45, 2.75) is 19.9 Å². The van der Waals surface area contributed by atoms with Crippen LogP contribution in [0.15, 0.2) is 35.9 Å². The van der Waals surface area contributed by atoms with Gasteiger partial charge >= 0.3 is 0 Å². The molecule has 37 heavy (non-hydrogen) atoms. The summed E-state index contributed by atoms with van der Waals surface area (Å²) in [7, 11) is 4.48. The number of hydrogen-bond acceptors (Lipinski definition) is 9. The van der Waals surface area contributed by atoms with Gasteiger partial charge in [-0.3, -0.25) is 9.59 Å². The molecular formula is C27H32N2O8. The van der Waals surface area contributed by atoms with Gasteiger partial charge in [0.05, 0.1) is 32.9 Å². The van der Waals surface area contributed by atoms with E-state index in [0.29, 0.717) is 46.4 Å². The van der Waals surface area contributed by atoms with Crippen LogP contribution in [0.25, 0.3) is 5.76 Å². The zero-order valence-corrected chi connectivity index (χ0v) is 21.7. The molecule has 1 unspecified atom stereocenters. The zero-order valence-electron chi connectivity index (χ0n) is 21.7. The van der Waals surface area contributed by atoms with Gasteiger partial charge in [0, 0.05) is 18.7 Å². The van der Waals surface area contributed by atoms with Crippen LogP contribution in [0, 0.1) is 0 Å². The van der Waals surface area contributed by atoms with Crippen molar-refractivity contribution < 1.29 is 38.4 Å². The molecule has 2 heterocycles. The van der Waals surface area contributed by atoms with Crippen molar-refractivity contribution in [3.8, 4) is 28.7 Å². The highest BCUT2D eigenvalue weighted by Crippen LogP contribution is 2.46. The van der Waals surface area contributed by atoms with Crippen LogP contribution in [-0.4, -0.2) is 80.9 Å². The topological polar surface area (TPSA) is 107 Å². The Bertz CT molecular complexity index is 1200. The second-order valence-electron chi connectivity index (χ2n) is 8.55. The first-order chi connectivity index (χ1) is 17.9. The first-order valence-corrected chi connectivity index (χ1v) is 12.1. The Labute approximate surface area is 215 Å². The molecular weight excluding hydrogens is 480 g/mol. The maximum Gasteiger partial charge on any atom is 0.295 e. The van der Waals surface area contributed by atoms with Crippen molar-refractivity contribution in [2.24, 2.45) is 0 Å². The number of fused-ring (bicyclic) bond motifs is 1. The third-order valence-corrected chi connectivity index (χ3v) is 6.74. The predicted octanol–water partition coefficient (Wildman–Crippen LogP) is 3.20. The van der Waals surface area contributed by atoms with Crippen LogP contribution >= 0.6 is 0 Å². The van der Waals surface area contributed by atoms with E-state index >= 15 is 0 Å². The highest BCUT2D eigenvalue weighted by atomic mass is 16.7. The number of aliphatic hydroxyl groups excluding tert-OH is 1. The van der Waals surface area contributed by atoms with E-state index in [1.165, 1.54) is 26.2 Å². The predicted molar refractivity (Wildman–Crippen MR) is 135 cm³/mol. The summed E-state index contributed by atoms with van der Waals surface area (Å²) < 4.78 is 27.3. The number of methoxy groups -OCH3 is 3. The summed E-state index contributed by atoms with van der Waals surface area (Å²) in [5, 5.41) is 11.4. The van der Waals surface area contributed by atoms with Crippen molar-refractivity contribution in [2.75, 3.05) is 54.3 Å². The first-order valence-electron chi connectivity index (χ1n) is 12.1. The number of ketones is 1. The molecule has 1 amide bonds. The second kappa shape index (κ2) is 11.0. The fourth-order valence-electron chi connectivity index (χ4n) is 4.70. The number of carbonyl (C=O) groups is 2. The van der Waals surface area contributed by atoms with E-state index in [4.69, 9.17) is 23.7 Å². The van der Waals surface area contributed by atoms with Gasteiger partial charge in [0.2, 0.25) is 12.5 Å². The number of likely N-dealkylation sites (tertiary alicyclic amines) is 1. The van der Waals surface area contributed by atoms with Gasteiger partial charge in [-0.15, -0.1) is 0 Å². The van der Waals surface area contributed by atoms with Crippen molar-refractivity contribution in [3.63, 3.8) is 0 Å².